The van der Waals surface area contributed by atoms with Crippen LogP contribution in [0.25, 0.3) is 10.9 Å². The molecule has 0 saturated heterocycles. The lowest BCUT2D eigenvalue weighted by molar-refractivity contribution is -0.143. The van der Waals surface area contributed by atoms with Crippen LogP contribution in [-0.2, 0) is 25.5 Å². The molecule has 1 atom stereocenters. The third-order valence-electron chi connectivity index (χ3n) is 3.82. The van der Waals surface area contributed by atoms with E-state index in [1.54, 1.807) is 33.9 Å². The van der Waals surface area contributed by atoms with E-state index in [1.165, 1.54) is 0 Å². The summed E-state index contributed by atoms with van der Waals surface area (Å²) in [5.74, 6) is -1.04. The highest BCUT2D eigenvalue weighted by Gasteiger charge is 2.26. The summed E-state index contributed by atoms with van der Waals surface area (Å²) in [5, 5.41) is 6.05. The van der Waals surface area contributed by atoms with Crippen LogP contribution in [-0.4, -0.2) is 47.7 Å². The number of aromatic amines is 1. The number of ether oxygens (including phenoxy) is 2. The van der Waals surface area contributed by atoms with E-state index >= 15 is 0 Å². The first kappa shape index (κ1) is 21.3. The van der Waals surface area contributed by atoms with Crippen molar-refractivity contribution in [2.75, 3.05) is 13.2 Å². The minimum atomic E-state index is -0.913. The molecule has 0 aliphatic rings. The Balaban J connectivity index is 2.14. The van der Waals surface area contributed by atoms with Crippen LogP contribution in [0.15, 0.2) is 30.5 Å². The van der Waals surface area contributed by atoms with Gasteiger partial charge >= 0.3 is 12.1 Å². The number of nitrogens with one attached hydrogen (secondary N) is 3. The predicted octanol–water partition coefficient (Wildman–Crippen LogP) is 2.28. The summed E-state index contributed by atoms with van der Waals surface area (Å²) in [5.41, 5.74) is 1.10. The lowest BCUT2D eigenvalue weighted by atomic mass is 10.0. The van der Waals surface area contributed by atoms with Crippen molar-refractivity contribution < 1.29 is 23.9 Å². The maximum atomic E-state index is 12.6. The van der Waals surface area contributed by atoms with Gasteiger partial charge < -0.3 is 25.1 Å². The molecule has 0 aliphatic heterocycles. The van der Waals surface area contributed by atoms with Crippen molar-refractivity contribution in [1.29, 1.82) is 0 Å². The van der Waals surface area contributed by atoms with E-state index in [0.717, 1.165) is 16.5 Å². The van der Waals surface area contributed by atoms with Crippen LogP contribution < -0.4 is 10.6 Å². The fraction of sp³-hybridized carbons (Fsp3) is 0.450. The Morgan fingerprint density at radius 2 is 1.89 bits per heavy atom. The van der Waals surface area contributed by atoms with Gasteiger partial charge in [-0.25, -0.2) is 4.79 Å². The van der Waals surface area contributed by atoms with E-state index in [-0.39, 0.29) is 19.6 Å². The second kappa shape index (κ2) is 9.25. The molecular formula is C20H27N3O5. The van der Waals surface area contributed by atoms with Crippen LogP contribution in [0.4, 0.5) is 4.79 Å². The molecule has 152 valence electrons. The van der Waals surface area contributed by atoms with Gasteiger partial charge in [-0.2, -0.15) is 0 Å². The Kier molecular flexibility index (Phi) is 7.03. The number of hydrogen-bond donors (Lipinski definition) is 3. The minimum absolute atomic E-state index is 0.226. The first-order valence-electron chi connectivity index (χ1n) is 9.17. The molecule has 0 aliphatic carbocycles. The number of fused-ring (bicyclic) bond motifs is 1. The van der Waals surface area contributed by atoms with Crippen LogP contribution >= 0.6 is 0 Å². The van der Waals surface area contributed by atoms with Gasteiger partial charge in [0, 0.05) is 23.5 Å². The Labute approximate surface area is 164 Å². The van der Waals surface area contributed by atoms with E-state index < -0.39 is 29.6 Å². The molecule has 1 heterocycles. The standard InChI is InChI=1S/C20H27N3O5/c1-5-27-17(24)12-22-18(25)16(23-19(26)28-20(2,3)4)10-13-11-21-15-9-7-6-8-14(13)15/h6-9,11,16,21H,5,10,12H2,1-4H3,(H,22,25)(H,23,26)/t16-/m0/s1. The zero-order chi connectivity index (χ0) is 20.7. The smallest absolute Gasteiger partial charge is 0.408 e. The first-order chi connectivity index (χ1) is 13.2. The summed E-state index contributed by atoms with van der Waals surface area (Å²) in [6.07, 6.45) is 1.33. The highest BCUT2D eigenvalue weighted by atomic mass is 16.6. The van der Waals surface area contributed by atoms with Crippen molar-refractivity contribution in [3.8, 4) is 0 Å². The third-order valence-corrected chi connectivity index (χ3v) is 3.82. The van der Waals surface area contributed by atoms with Crippen molar-refractivity contribution in [1.82, 2.24) is 15.6 Å². The first-order valence-corrected chi connectivity index (χ1v) is 9.17. The molecule has 3 N–H and O–H groups in total. The number of H-pyrrole nitrogens is 1. The normalized spacial score (nSPS) is 12.3. The molecule has 28 heavy (non-hydrogen) atoms. The summed E-state index contributed by atoms with van der Waals surface area (Å²) in [4.78, 5) is 39.5. The Hall–Kier alpha value is -3.03. The largest absolute Gasteiger partial charge is 0.465 e. The minimum Gasteiger partial charge on any atom is -0.465 e. The van der Waals surface area contributed by atoms with Crippen LogP contribution in [0.5, 0.6) is 0 Å². The molecular weight excluding hydrogens is 362 g/mol. The molecule has 0 bridgehead atoms. The summed E-state index contributed by atoms with van der Waals surface area (Å²) in [6.45, 7) is 6.85. The molecule has 8 nitrogen and oxygen atoms in total. The monoisotopic (exact) mass is 389 g/mol. The molecule has 0 spiro atoms. The number of aromatic nitrogens is 1. The number of carbonyl (C=O) groups is 3. The molecule has 1 aromatic heterocycles. The lowest BCUT2D eigenvalue weighted by Crippen LogP contribution is -2.50. The molecule has 0 fully saturated rings. The predicted molar refractivity (Wildman–Crippen MR) is 105 cm³/mol. The highest BCUT2D eigenvalue weighted by molar-refractivity contribution is 5.90. The average Bonchev–Trinajstić information content (AvgIpc) is 3.01. The van der Waals surface area contributed by atoms with E-state index in [0.29, 0.717) is 0 Å². The molecule has 1 aromatic carbocycles. The van der Waals surface area contributed by atoms with Gasteiger partial charge in [0.05, 0.1) is 6.61 Å². The van der Waals surface area contributed by atoms with Crippen molar-refractivity contribution in [3.05, 3.63) is 36.0 Å². The summed E-state index contributed by atoms with van der Waals surface area (Å²) < 4.78 is 10.1. The zero-order valence-electron chi connectivity index (χ0n) is 16.6. The number of alkyl carbamates (subject to hydrolysis) is 1. The van der Waals surface area contributed by atoms with E-state index in [4.69, 9.17) is 9.47 Å². The lowest BCUT2D eigenvalue weighted by Gasteiger charge is -2.23. The number of benzene rings is 1. The molecule has 2 aromatic rings. The van der Waals surface area contributed by atoms with Gasteiger partial charge in [-0.15, -0.1) is 0 Å². The second-order valence-electron chi connectivity index (χ2n) is 7.29. The highest BCUT2D eigenvalue weighted by Crippen LogP contribution is 2.19. The van der Waals surface area contributed by atoms with Crippen molar-refractivity contribution in [3.63, 3.8) is 0 Å². The third kappa shape index (κ3) is 6.29. The van der Waals surface area contributed by atoms with E-state index in [9.17, 15) is 14.4 Å². The van der Waals surface area contributed by atoms with Gasteiger partial charge in [-0.1, -0.05) is 18.2 Å². The van der Waals surface area contributed by atoms with Gasteiger partial charge in [0.15, 0.2) is 0 Å². The molecule has 2 rings (SSSR count). The molecule has 2 amide bonds. The number of hydrogen-bond acceptors (Lipinski definition) is 5. The Morgan fingerprint density at radius 1 is 1.18 bits per heavy atom. The maximum absolute atomic E-state index is 12.6. The second-order valence-corrected chi connectivity index (χ2v) is 7.29. The quantitative estimate of drug-likeness (QED) is 0.630. The topological polar surface area (TPSA) is 110 Å². The summed E-state index contributed by atoms with van der Waals surface area (Å²) in [7, 11) is 0. The fourth-order valence-corrected chi connectivity index (χ4v) is 2.67. The van der Waals surface area contributed by atoms with Crippen molar-refractivity contribution >= 4 is 28.9 Å². The fourth-order valence-electron chi connectivity index (χ4n) is 2.67. The number of carbonyl (C=O) groups excluding carboxylic acids is 3. The summed E-state index contributed by atoms with van der Waals surface area (Å²) in [6, 6.07) is 6.75. The Bertz CT molecular complexity index is 838. The van der Waals surface area contributed by atoms with Gasteiger partial charge in [0.2, 0.25) is 5.91 Å². The van der Waals surface area contributed by atoms with Crippen LogP contribution in [0.1, 0.15) is 33.3 Å². The number of amides is 2. The van der Waals surface area contributed by atoms with Gasteiger partial charge in [-0.05, 0) is 39.3 Å². The number of para-hydroxylation sites is 1. The van der Waals surface area contributed by atoms with Crippen LogP contribution in [0, 0.1) is 0 Å². The molecule has 8 heteroatoms. The molecule has 0 saturated carbocycles. The van der Waals surface area contributed by atoms with Crippen LogP contribution in [0.2, 0.25) is 0 Å². The van der Waals surface area contributed by atoms with Gasteiger partial charge in [0.1, 0.15) is 18.2 Å². The van der Waals surface area contributed by atoms with Crippen LogP contribution in [0.3, 0.4) is 0 Å². The van der Waals surface area contributed by atoms with E-state index in [2.05, 4.69) is 15.6 Å². The number of rotatable bonds is 7. The maximum Gasteiger partial charge on any atom is 0.408 e. The summed E-state index contributed by atoms with van der Waals surface area (Å²) >= 11 is 0. The zero-order valence-corrected chi connectivity index (χ0v) is 16.6. The van der Waals surface area contributed by atoms with Crippen molar-refractivity contribution in [2.24, 2.45) is 0 Å². The van der Waals surface area contributed by atoms with Crippen molar-refractivity contribution in [2.45, 2.75) is 45.8 Å². The average molecular weight is 389 g/mol. The number of esters is 1. The van der Waals surface area contributed by atoms with Gasteiger partial charge in [-0.3, -0.25) is 9.59 Å². The van der Waals surface area contributed by atoms with Gasteiger partial charge in [0.25, 0.3) is 0 Å². The SMILES string of the molecule is CCOC(=O)CNC(=O)[C@H](Cc1c[nH]c2ccccc12)NC(=O)OC(C)(C)C. The molecule has 0 unspecified atom stereocenters. The molecule has 0 radical (unpaired) electrons. The van der Waals surface area contributed by atoms with E-state index in [1.807, 2.05) is 24.3 Å². The Morgan fingerprint density at radius 3 is 2.57 bits per heavy atom.